The first-order valence-electron chi connectivity index (χ1n) is 23.3. The van der Waals surface area contributed by atoms with Crippen LogP contribution in [0.2, 0.25) is 0 Å². The Kier molecular flexibility index (Phi) is 41.9. The first kappa shape index (κ1) is 54.5. The number of hydrogen-bond acceptors (Lipinski definition) is 7. The number of aliphatic hydroxyl groups excluding tert-OH is 1. The Morgan fingerprint density at radius 3 is 1.46 bits per heavy atom. The number of esters is 1. The minimum atomic E-state index is -4.42. The van der Waals surface area contributed by atoms with E-state index in [-0.39, 0.29) is 32.1 Å². The molecule has 0 aromatic heterocycles. The summed E-state index contributed by atoms with van der Waals surface area (Å²) in [6.45, 7) is 3.54. The zero-order chi connectivity index (χ0) is 41.1. The van der Waals surface area contributed by atoms with Crippen molar-refractivity contribution in [3.8, 4) is 0 Å². The first-order valence-corrected chi connectivity index (χ1v) is 24.8. The van der Waals surface area contributed by atoms with Crippen LogP contribution in [0, 0.1) is 0 Å². The van der Waals surface area contributed by atoms with Gasteiger partial charge in [-0.1, -0.05) is 192 Å². The number of nitrogens with one attached hydrogen (secondary N) is 1. The summed E-state index contributed by atoms with van der Waals surface area (Å²) in [6, 6.07) is 0. The second-order valence-electron chi connectivity index (χ2n) is 15.7. The summed E-state index contributed by atoms with van der Waals surface area (Å²) >= 11 is 0. The molecule has 9 nitrogen and oxygen atoms in total. The fourth-order valence-electron chi connectivity index (χ4n) is 6.59. The standard InChI is InChI=1S/C46H88NO8P/c1-3-5-7-9-11-13-15-17-19-20-21-22-23-25-27-29-31-33-35-37-39-46(50)53-42-44(48)43-55-56(51,52)54-41-40-47-45(49)38-36-34-32-30-28-26-24-18-16-14-12-10-8-6-4-2/h12,14,18,24,44,48H,3-11,13,15-17,19-23,25-43H2,1-2H3,(H,47,49)(H,51,52)/b14-12-,24-18-. The molecule has 0 aliphatic rings. The van der Waals surface area contributed by atoms with Gasteiger partial charge in [-0.25, -0.2) is 4.57 Å². The van der Waals surface area contributed by atoms with Crippen LogP contribution in [0.3, 0.4) is 0 Å². The van der Waals surface area contributed by atoms with Crippen LogP contribution in [0.1, 0.15) is 226 Å². The van der Waals surface area contributed by atoms with Gasteiger partial charge >= 0.3 is 13.8 Å². The van der Waals surface area contributed by atoms with Crippen molar-refractivity contribution in [3.05, 3.63) is 24.3 Å². The molecule has 2 atom stereocenters. The number of phosphoric ester groups is 1. The van der Waals surface area contributed by atoms with E-state index in [1.165, 1.54) is 135 Å². The summed E-state index contributed by atoms with van der Waals surface area (Å²) in [7, 11) is -4.42. The Morgan fingerprint density at radius 2 is 0.964 bits per heavy atom. The van der Waals surface area contributed by atoms with Crippen molar-refractivity contribution in [3.63, 3.8) is 0 Å². The van der Waals surface area contributed by atoms with E-state index < -0.39 is 26.5 Å². The van der Waals surface area contributed by atoms with Gasteiger partial charge in [-0.3, -0.25) is 18.6 Å². The molecule has 3 N–H and O–H groups in total. The smallest absolute Gasteiger partial charge is 0.463 e. The molecule has 0 aliphatic carbocycles. The fraction of sp³-hybridized carbons (Fsp3) is 0.870. The van der Waals surface area contributed by atoms with Crippen molar-refractivity contribution < 1.29 is 37.9 Å². The lowest BCUT2D eigenvalue weighted by atomic mass is 10.0. The zero-order valence-electron chi connectivity index (χ0n) is 36.3. The summed E-state index contributed by atoms with van der Waals surface area (Å²) in [5.74, 6) is -0.522. The Morgan fingerprint density at radius 1 is 0.554 bits per heavy atom. The predicted molar refractivity (Wildman–Crippen MR) is 234 cm³/mol. The molecule has 1 amide bonds. The number of aliphatic hydroxyl groups is 1. The molecule has 0 fully saturated rings. The molecule has 0 heterocycles. The Hall–Kier alpha value is -1.51. The van der Waals surface area contributed by atoms with Gasteiger partial charge in [0.25, 0.3) is 0 Å². The van der Waals surface area contributed by atoms with Gasteiger partial charge in [0.05, 0.1) is 13.2 Å². The molecule has 0 aliphatic heterocycles. The lowest BCUT2D eigenvalue weighted by Crippen LogP contribution is -2.27. The van der Waals surface area contributed by atoms with E-state index in [2.05, 4.69) is 43.5 Å². The van der Waals surface area contributed by atoms with Gasteiger partial charge in [-0.15, -0.1) is 0 Å². The Bertz CT molecular complexity index is 975. The molecule has 0 saturated heterocycles. The van der Waals surface area contributed by atoms with Crippen LogP contribution in [0.15, 0.2) is 24.3 Å². The van der Waals surface area contributed by atoms with Crippen LogP contribution < -0.4 is 5.32 Å². The topological polar surface area (TPSA) is 131 Å². The number of rotatable bonds is 44. The number of phosphoric acid groups is 1. The molecule has 0 aromatic rings. The van der Waals surface area contributed by atoms with Crippen molar-refractivity contribution in [1.29, 1.82) is 0 Å². The maximum absolute atomic E-state index is 12.1. The van der Waals surface area contributed by atoms with E-state index in [1.54, 1.807) is 0 Å². The minimum absolute atomic E-state index is 0.0761. The van der Waals surface area contributed by atoms with Crippen LogP contribution in [0.25, 0.3) is 0 Å². The van der Waals surface area contributed by atoms with E-state index in [4.69, 9.17) is 13.8 Å². The van der Waals surface area contributed by atoms with Gasteiger partial charge in [0, 0.05) is 19.4 Å². The molecule has 0 aromatic carbocycles. The predicted octanol–water partition coefficient (Wildman–Crippen LogP) is 13.2. The van der Waals surface area contributed by atoms with Crippen molar-refractivity contribution in [2.45, 2.75) is 232 Å². The summed E-state index contributed by atoms with van der Waals surface area (Å²) in [5.41, 5.74) is 0. The average Bonchev–Trinajstić information content (AvgIpc) is 3.18. The van der Waals surface area contributed by atoms with E-state index in [0.29, 0.717) is 6.42 Å². The monoisotopic (exact) mass is 814 g/mol. The summed E-state index contributed by atoms with van der Waals surface area (Å²) in [4.78, 5) is 33.9. The van der Waals surface area contributed by atoms with E-state index in [1.807, 2.05) is 0 Å². The second-order valence-corrected chi connectivity index (χ2v) is 17.2. The largest absolute Gasteiger partial charge is 0.472 e. The highest BCUT2D eigenvalue weighted by Gasteiger charge is 2.23. The normalized spacial score (nSPS) is 13.4. The third-order valence-electron chi connectivity index (χ3n) is 10.1. The first-order chi connectivity index (χ1) is 27.3. The van der Waals surface area contributed by atoms with Gasteiger partial charge in [-0.05, 0) is 44.9 Å². The maximum Gasteiger partial charge on any atom is 0.472 e. The second kappa shape index (κ2) is 43.1. The Balaban J connectivity index is 3.56. The average molecular weight is 814 g/mol. The van der Waals surface area contributed by atoms with E-state index in [9.17, 15) is 24.2 Å². The highest BCUT2D eigenvalue weighted by Crippen LogP contribution is 2.42. The molecule has 0 spiro atoms. The van der Waals surface area contributed by atoms with Crippen molar-refractivity contribution >= 4 is 19.7 Å². The van der Waals surface area contributed by atoms with Crippen molar-refractivity contribution in [2.24, 2.45) is 0 Å². The van der Waals surface area contributed by atoms with Gasteiger partial charge in [0.2, 0.25) is 5.91 Å². The van der Waals surface area contributed by atoms with Gasteiger partial charge in [0.15, 0.2) is 0 Å². The van der Waals surface area contributed by atoms with Crippen LogP contribution in [-0.4, -0.2) is 54.3 Å². The Labute approximate surface area is 344 Å². The molecule has 0 saturated carbocycles. The van der Waals surface area contributed by atoms with E-state index in [0.717, 1.165) is 64.2 Å². The number of ether oxygens (including phenoxy) is 1. The van der Waals surface area contributed by atoms with Crippen molar-refractivity contribution in [2.75, 3.05) is 26.4 Å². The maximum atomic E-state index is 12.1. The number of hydrogen-bond donors (Lipinski definition) is 3. The highest BCUT2D eigenvalue weighted by atomic mass is 31.2. The lowest BCUT2D eigenvalue weighted by Gasteiger charge is -2.15. The molecular formula is C46H88NO8P. The van der Waals surface area contributed by atoms with Crippen LogP contribution in [-0.2, 0) is 27.9 Å². The summed E-state index contributed by atoms with van der Waals surface area (Å²) in [6.07, 6.45) is 46.8. The fourth-order valence-corrected chi connectivity index (χ4v) is 7.35. The molecule has 0 rings (SSSR count). The zero-order valence-corrected chi connectivity index (χ0v) is 37.2. The lowest BCUT2D eigenvalue weighted by molar-refractivity contribution is -0.147. The molecule has 10 heteroatoms. The molecule has 330 valence electrons. The number of amides is 1. The van der Waals surface area contributed by atoms with Gasteiger partial charge in [0.1, 0.15) is 12.7 Å². The third-order valence-corrected chi connectivity index (χ3v) is 11.1. The molecule has 0 radical (unpaired) electrons. The molecule has 2 unspecified atom stereocenters. The third kappa shape index (κ3) is 43.6. The SMILES string of the molecule is CCCCC/C=C\C/C=C\CCCCCCCC(=O)NCCOP(=O)(O)OCC(O)COC(=O)CCCCCCCCCCCCCCCCCCCCCC. The van der Waals surface area contributed by atoms with Crippen LogP contribution >= 0.6 is 7.82 Å². The minimum Gasteiger partial charge on any atom is -0.463 e. The molecule has 0 bridgehead atoms. The molecule has 56 heavy (non-hydrogen) atoms. The van der Waals surface area contributed by atoms with Gasteiger partial charge < -0.3 is 20.1 Å². The van der Waals surface area contributed by atoms with Gasteiger partial charge in [-0.2, -0.15) is 0 Å². The van der Waals surface area contributed by atoms with Crippen LogP contribution in [0.5, 0.6) is 0 Å². The number of carbonyl (C=O) groups is 2. The van der Waals surface area contributed by atoms with E-state index >= 15 is 0 Å². The summed E-state index contributed by atoms with van der Waals surface area (Å²) < 4.78 is 26.9. The number of allylic oxidation sites excluding steroid dienone is 4. The molecular weight excluding hydrogens is 725 g/mol. The number of unbranched alkanes of at least 4 members (excludes halogenated alkanes) is 27. The van der Waals surface area contributed by atoms with Crippen molar-refractivity contribution in [1.82, 2.24) is 5.32 Å². The summed E-state index contributed by atoms with van der Waals surface area (Å²) in [5, 5.41) is 12.7. The highest BCUT2D eigenvalue weighted by molar-refractivity contribution is 7.47. The van der Waals surface area contributed by atoms with Crippen LogP contribution in [0.4, 0.5) is 0 Å². The quantitative estimate of drug-likeness (QED) is 0.0240. The number of carbonyl (C=O) groups excluding carboxylic acids is 2.